The Hall–Kier alpha value is -3.05. The highest BCUT2D eigenvalue weighted by Crippen LogP contribution is 2.31. The molecule has 1 aliphatic carbocycles. The molecule has 5 heteroatoms. The van der Waals surface area contributed by atoms with Crippen molar-refractivity contribution in [2.75, 3.05) is 32.7 Å². The van der Waals surface area contributed by atoms with E-state index in [9.17, 15) is 14.4 Å². The quantitative estimate of drug-likeness (QED) is 0.370. The Morgan fingerprint density at radius 1 is 0.848 bits per heavy atom. The fourth-order valence-corrected chi connectivity index (χ4v) is 4.75. The third-order valence-electron chi connectivity index (χ3n) is 6.69. The number of allylic oxidation sites excluding steroid dienone is 2. The van der Waals surface area contributed by atoms with Gasteiger partial charge in [0.1, 0.15) is 0 Å². The van der Waals surface area contributed by atoms with Crippen molar-refractivity contribution in [1.82, 2.24) is 9.80 Å². The fourth-order valence-electron chi connectivity index (χ4n) is 4.75. The van der Waals surface area contributed by atoms with Crippen LogP contribution in [0, 0.1) is 0 Å². The summed E-state index contributed by atoms with van der Waals surface area (Å²) >= 11 is 0. The number of unbranched alkanes of at least 4 members (excludes halogenated alkanes) is 1. The Morgan fingerprint density at radius 3 is 2.09 bits per heavy atom. The van der Waals surface area contributed by atoms with Crippen molar-refractivity contribution in [3.05, 3.63) is 83.4 Å². The van der Waals surface area contributed by atoms with Crippen LogP contribution in [-0.4, -0.2) is 60.0 Å². The van der Waals surface area contributed by atoms with Crippen LogP contribution in [0.4, 0.5) is 0 Å². The number of carbonyl (C=O) groups is 3. The summed E-state index contributed by atoms with van der Waals surface area (Å²) in [5, 5.41) is 0. The molecule has 0 bridgehead atoms. The maximum atomic E-state index is 12.6. The van der Waals surface area contributed by atoms with Crippen molar-refractivity contribution >= 4 is 17.5 Å². The topological polar surface area (TPSA) is 57.7 Å². The normalized spacial score (nSPS) is 19.6. The van der Waals surface area contributed by atoms with E-state index in [1.807, 2.05) is 71.6 Å². The molecule has 1 saturated carbocycles. The minimum absolute atomic E-state index is 0.00393. The Bertz CT molecular complexity index is 972. The van der Waals surface area contributed by atoms with E-state index < -0.39 is 0 Å². The first kappa shape index (κ1) is 23.1. The summed E-state index contributed by atoms with van der Waals surface area (Å²) < 4.78 is 0. The summed E-state index contributed by atoms with van der Waals surface area (Å²) in [6.45, 7) is 4.16. The van der Waals surface area contributed by atoms with E-state index in [0.29, 0.717) is 24.8 Å². The minimum Gasteiger partial charge on any atom is -0.340 e. The molecule has 0 radical (unpaired) electrons. The van der Waals surface area contributed by atoms with E-state index >= 15 is 0 Å². The molecule has 2 fully saturated rings. The van der Waals surface area contributed by atoms with Gasteiger partial charge in [-0.15, -0.1) is 0 Å². The summed E-state index contributed by atoms with van der Waals surface area (Å²) in [5.74, 6) is 0.147. The fraction of sp³-hybridized carbons (Fsp3) is 0.393. The molecule has 4 rings (SSSR count). The number of Topliss-reactive ketones (excluding diaryl/α,β-unsaturated/α-hetero) is 2. The number of nitrogens with zero attached hydrogens (tertiary/aromatic N) is 2. The first-order valence-electron chi connectivity index (χ1n) is 12.0. The molecule has 0 atom stereocenters. The molecule has 5 nitrogen and oxygen atoms in total. The number of hydrogen-bond acceptors (Lipinski definition) is 4. The van der Waals surface area contributed by atoms with E-state index in [0.717, 1.165) is 56.7 Å². The van der Waals surface area contributed by atoms with Crippen LogP contribution in [0.5, 0.6) is 0 Å². The molecule has 2 aromatic rings. The van der Waals surface area contributed by atoms with Crippen LogP contribution in [0.15, 0.2) is 72.3 Å². The second kappa shape index (κ2) is 11.2. The maximum Gasteiger partial charge on any atom is 0.227 e. The number of hydrogen-bond donors (Lipinski definition) is 0. The standard InChI is InChI=1S/C28H32N2O3/c31-26-20-24(23-11-5-2-6-12-23)21-27(32)25(26)13-7-8-14-29-15-17-30(18-16-29)28(33)19-22-9-3-1-4-10-22/h1-6,9-13,24H,7-8,14-21H2. The summed E-state index contributed by atoms with van der Waals surface area (Å²) in [7, 11) is 0. The van der Waals surface area contributed by atoms with Crippen LogP contribution in [-0.2, 0) is 20.8 Å². The molecule has 1 aliphatic heterocycles. The molecule has 0 unspecified atom stereocenters. The van der Waals surface area contributed by atoms with E-state index in [1.165, 1.54) is 0 Å². The number of carbonyl (C=O) groups excluding carboxylic acids is 3. The zero-order valence-corrected chi connectivity index (χ0v) is 19.1. The molecule has 0 spiro atoms. The van der Waals surface area contributed by atoms with Crippen molar-refractivity contribution in [2.45, 2.75) is 38.0 Å². The highest BCUT2D eigenvalue weighted by atomic mass is 16.2. The van der Waals surface area contributed by atoms with E-state index in [1.54, 1.807) is 0 Å². The van der Waals surface area contributed by atoms with Gasteiger partial charge in [0.15, 0.2) is 11.6 Å². The van der Waals surface area contributed by atoms with Crippen molar-refractivity contribution < 1.29 is 14.4 Å². The largest absolute Gasteiger partial charge is 0.340 e. The highest BCUT2D eigenvalue weighted by Gasteiger charge is 2.30. The first-order valence-corrected chi connectivity index (χ1v) is 12.0. The zero-order chi connectivity index (χ0) is 23.0. The summed E-state index contributed by atoms with van der Waals surface area (Å²) in [6.07, 6.45) is 4.79. The van der Waals surface area contributed by atoms with Gasteiger partial charge in [-0.25, -0.2) is 0 Å². The van der Waals surface area contributed by atoms with Crippen LogP contribution in [0.2, 0.25) is 0 Å². The first-order chi connectivity index (χ1) is 16.1. The van der Waals surface area contributed by atoms with Gasteiger partial charge in [-0.3, -0.25) is 19.3 Å². The Labute approximate surface area is 196 Å². The molecule has 2 aliphatic rings. The summed E-state index contributed by atoms with van der Waals surface area (Å²) in [6, 6.07) is 19.7. The van der Waals surface area contributed by atoms with Crippen molar-refractivity contribution in [3.8, 4) is 0 Å². The Morgan fingerprint density at radius 2 is 1.45 bits per heavy atom. The van der Waals surface area contributed by atoms with Crippen LogP contribution in [0.25, 0.3) is 0 Å². The number of ketones is 2. The van der Waals surface area contributed by atoms with Crippen molar-refractivity contribution in [3.63, 3.8) is 0 Å². The predicted molar refractivity (Wildman–Crippen MR) is 129 cm³/mol. The molecule has 33 heavy (non-hydrogen) atoms. The molecule has 1 amide bonds. The molecule has 1 saturated heterocycles. The van der Waals surface area contributed by atoms with Gasteiger partial charge in [-0.1, -0.05) is 66.7 Å². The molecule has 1 heterocycles. The smallest absolute Gasteiger partial charge is 0.227 e. The number of benzene rings is 2. The average Bonchev–Trinajstić information content (AvgIpc) is 2.84. The number of rotatable bonds is 7. The Kier molecular flexibility index (Phi) is 7.84. The molecule has 2 aromatic carbocycles. The second-order valence-electron chi connectivity index (χ2n) is 9.01. The SMILES string of the molecule is O=C1CC(c2ccccc2)CC(=O)C1=CCCCN1CCN(C(=O)Cc2ccccc2)CC1. The monoisotopic (exact) mass is 444 g/mol. The maximum absolute atomic E-state index is 12.6. The van der Waals surface area contributed by atoms with Crippen molar-refractivity contribution in [2.24, 2.45) is 0 Å². The van der Waals surface area contributed by atoms with E-state index in [4.69, 9.17) is 0 Å². The predicted octanol–water partition coefficient (Wildman–Crippen LogP) is 3.80. The lowest BCUT2D eigenvalue weighted by atomic mass is 9.79. The van der Waals surface area contributed by atoms with E-state index in [-0.39, 0.29) is 23.4 Å². The zero-order valence-electron chi connectivity index (χ0n) is 19.1. The second-order valence-corrected chi connectivity index (χ2v) is 9.01. The highest BCUT2D eigenvalue weighted by molar-refractivity contribution is 6.22. The lowest BCUT2D eigenvalue weighted by molar-refractivity contribution is -0.132. The number of amides is 1. The third-order valence-corrected chi connectivity index (χ3v) is 6.69. The van der Waals surface area contributed by atoms with Gasteiger partial charge >= 0.3 is 0 Å². The average molecular weight is 445 g/mol. The van der Waals surface area contributed by atoms with Crippen molar-refractivity contribution in [1.29, 1.82) is 0 Å². The van der Waals surface area contributed by atoms with Crippen LogP contribution in [0.3, 0.4) is 0 Å². The molecule has 0 N–H and O–H groups in total. The summed E-state index contributed by atoms with van der Waals surface area (Å²) in [4.78, 5) is 42.0. The van der Waals surface area contributed by atoms with Gasteiger partial charge in [0.25, 0.3) is 0 Å². The Balaban J connectivity index is 1.18. The van der Waals surface area contributed by atoms with Gasteiger partial charge in [0, 0.05) is 39.0 Å². The molecular formula is C28H32N2O3. The molecular weight excluding hydrogens is 412 g/mol. The van der Waals surface area contributed by atoms with Crippen LogP contribution < -0.4 is 0 Å². The van der Waals surface area contributed by atoms with Gasteiger partial charge in [-0.2, -0.15) is 0 Å². The molecule has 0 aromatic heterocycles. The van der Waals surface area contributed by atoms with Gasteiger partial charge in [0.05, 0.1) is 12.0 Å². The van der Waals surface area contributed by atoms with Gasteiger partial charge in [0.2, 0.25) is 5.91 Å². The van der Waals surface area contributed by atoms with Crippen LogP contribution in [0.1, 0.15) is 42.7 Å². The lowest BCUT2D eigenvalue weighted by Crippen LogP contribution is -2.49. The summed E-state index contributed by atoms with van der Waals surface area (Å²) in [5.41, 5.74) is 2.53. The van der Waals surface area contributed by atoms with Gasteiger partial charge < -0.3 is 4.90 Å². The van der Waals surface area contributed by atoms with E-state index in [2.05, 4.69) is 4.90 Å². The van der Waals surface area contributed by atoms with Crippen LogP contribution >= 0.6 is 0 Å². The molecule has 172 valence electrons. The lowest BCUT2D eigenvalue weighted by Gasteiger charge is -2.34. The third kappa shape index (κ3) is 6.26. The number of piperazine rings is 1. The minimum atomic E-state index is -0.0226. The van der Waals surface area contributed by atoms with Gasteiger partial charge in [-0.05, 0) is 36.4 Å².